The maximum atomic E-state index is 13.6. The number of amides is 1. The minimum Gasteiger partial charge on any atom is -0.381 e. The summed E-state index contributed by atoms with van der Waals surface area (Å²) >= 11 is 0. The van der Waals surface area contributed by atoms with Crippen LogP contribution in [0.1, 0.15) is 48.5 Å². The van der Waals surface area contributed by atoms with Gasteiger partial charge in [0, 0.05) is 49.5 Å². The SMILES string of the molecule is O=C(CNc1n[nH]c2ccc(C(F)(F)F)cc12)NC1CN(C2CCCOCC2)CC1OC1CCc2cc(F)ncc21. The number of likely N-dealkylation sites (tertiary alicyclic amines) is 1. The molecule has 1 aliphatic carbocycles. The molecule has 2 fully saturated rings. The van der Waals surface area contributed by atoms with E-state index in [4.69, 9.17) is 9.47 Å². The molecule has 3 aliphatic rings. The number of ether oxygens (including phenoxy) is 2. The number of fused-ring (bicyclic) bond motifs is 2. The van der Waals surface area contributed by atoms with Crippen molar-refractivity contribution >= 4 is 22.6 Å². The van der Waals surface area contributed by atoms with Crippen molar-refractivity contribution in [2.24, 2.45) is 0 Å². The van der Waals surface area contributed by atoms with E-state index in [1.54, 1.807) is 0 Å². The molecule has 4 atom stereocenters. The number of benzene rings is 1. The Morgan fingerprint density at radius 1 is 1.17 bits per heavy atom. The van der Waals surface area contributed by atoms with Gasteiger partial charge in [0.05, 0.1) is 35.9 Å². The van der Waals surface area contributed by atoms with E-state index < -0.39 is 17.7 Å². The van der Waals surface area contributed by atoms with Crippen molar-refractivity contribution in [1.29, 1.82) is 0 Å². The predicted octanol–water partition coefficient (Wildman–Crippen LogP) is 3.97. The molecule has 3 N–H and O–H groups in total. The first-order valence-corrected chi connectivity index (χ1v) is 13.9. The average Bonchev–Trinajstić information content (AvgIpc) is 3.57. The fraction of sp³-hybridized carbons (Fsp3) is 0.536. The van der Waals surface area contributed by atoms with Gasteiger partial charge in [0.15, 0.2) is 5.82 Å². The van der Waals surface area contributed by atoms with Gasteiger partial charge in [0.1, 0.15) is 0 Å². The highest BCUT2D eigenvalue weighted by Gasteiger charge is 2.40. The number of aromatic nitrogens is 3. The highest BCUT2D eigenvalue weighted by Crippen LogP contribution is 2.37. The van der Waals surface area contributed by atoms with Crippen molar-refractivity contribution in [3.63, 3.8) is 0 Å². The van der Waals surface area contributed by atoms with Crippen molar-refractivity contribution < 1.29 is 31.8 Å². The molecule has 0 spiro atoms. The Hall–Kier alpha value is -3.29. The van der Waals surface area contributed by atoms with Crippen molar-refractivity contribution in [2.45, 2.75) is 62.6 Å². The molecular formula is C28H32F4N6O3. The van der Waals surface area contributed by atoms with E-state index in [9.17, 15) is 22.4 Å². The molecule has 1 amide bonds. The molecule has 2 aliphatic heterocycles. The fourth-order valence-corrected chi connectivity index (χ4v) is 6.16. The van der Waals surface area contributed by atoms with E-state index >= 15 is 0 Å². The van der Waals surface area contributed by atoms with Crippen LogP contribution in [0.5, 0.6) is 0 Å². The number of carbonyl (C=O) groups is 1. The first kappa shape index (κ1) is 27.9. The van der Waals surface area contributed by atoms with Crippen LogP contribution in [0.2, 0.25) is 0 Å². The summed E-state index contributed by atoms with van der Waals surface area (Å²) in [4.78, 5) is 19.2. The predicted molar refractivity (Wildman–Crippen MR) is 142 cm³/mol. The molecule has 2 aromatic heterocycles. The lowest BCUT2D eigenvalue weighted by molar-refractivity contribution is -0.137. The van der Waals surface area contributed by atoms with Gasteiger partial charge in [-0.3, -0.25) is 14.8 Å². The number of nitrogens with zero attached hydrogens (tertiary/aromatic N) is 3. The van der Waals surface area contributed by atoms with Crippen LogP contribution in [0.15, 0.2) is 30.5 Å². The van der Waals surface area contributed by atoms with Gasteiger partial charge in [-0.05, 0) is 61.9 Å². The third-order valence-electron chi connectivity index (χ3n) is 8.24. The first-order chi connectivity index (χ1) is 19.7. The number of H-pyrrole nitrogens is 1. The number of carbonyl (C=O) groups excluding carboxylic acids is 1. The number of hydrogen-bond donors (Lipinski definition) is 3. The van der Waals surface area contributed by atoms with E-state index in [0.717, 1.165) is 49.1 Å². The van der Waals surface area contributed by atoms with Gasteiger partial charge in [0.25, 0.3) is 0 Å². The van der Waals surface area contributed by atoms with E-state index in [0.29, 0.717) is 44.1 Å². The normalized spacial score (nSPS) is 25.3. The molecule has 0 saturated carbocycles. The van der Waals surface area contributed by atoms with Crippen molar-refractivity contribution in [3.8, 4) is 0 Å². The van der Waals surface area contributed by atoms with Crippen LogP contribution in [-0.2, 0) is 26.9 Å². The van der Waals surface area contributed by atoms with Gasteiger partial charge < -0.3 is 20.1 Å². The van der Waals surface area contributed by atoms with Gasteiger partial charge in [-0.1, -0.05) is 0 Å². The summed E-state index contributed by atoms with van der Waals surface area (Å²) in [6.07, 6.45) is 0.778. The Kier molecular flexibility index (Phi) is 7.84. The molecule has 0 bridgehead atoms. The minimum atomic E-state index is -4.49. The maximum Gasteiger partial charge on any atom is 0.416 e. The number of aromatic amines is 1. The second-order valence-electron chi connectivity index (χ2n) is 10.9. The Bertz CT molecular complexity index is 1390. The topological polar surface area (TPSA) is 104 Å². The molecule has 13 heteroatoms. The Balaban J connectivity index is 1.14. The molecule has 9 nitrogen and oxygen atoms in total. The molecule has 0 radical (unpaired) electrons. The van der Waals surface area contributed by atoms with Gasteiger partial charge in [-0.15, -0.1) is 0 Å². The summed E-state index contributed by atoms with van der Waals surface area (Å²) in [6.45, 7) is 2.49. The highest BCUT2D eigenvalue weighted by molar-refractivity contribution is 5.92. The first-order valence-electron chi connectivity index (χ1n) is 13.9. The summed E-state index contributed by atoms with van der Waals surface area (Å²) in [5, 5.41) is 12.9. The Labute approximate surface area is 234 Å². The number of nitrogens with one attached hydrogen (secondary N) is 3. The highest BCUT2D eigenvalue weighted by atomic mass is 19.4. The Morgan fingerprint density at radius 3 is 2.90 bits per heavy atom. The summed E-state index contributed by atoms with van der Waals surface area (Å²) in [5.74, 6) is -0.667. The van der Waals surface area contributed by atoms with E-state index in [-0.39, 0.29) is 41.9 Å². The molecule has 4 heterocycles. The van der Waals surface area contributed by atoms with Gasteiger partial charge in [-0.25, -0.2) is 4.98 Å². The zero-order chi connectivity index (χ0) is 28.6. The van der Waals surface area contributed by atoms with Crippen LogP contribution >= 0.6 is 0 Å². The zero-order valence-electron chi connectivity index (χ0n) is 22.3. The molecule has 41 heavy (non-hydrogen) atoms. The summed E-state index contributed by atoms with van der Waals surface area (Å²) in [5.41, 5.74) is 1.41. The number of hydrogen-bond acceptors (Lipinski definition) is 7. The van der Waals surface area contributed by atoms with E-state index in [2.05, 4.69) is 30.7 Å². The molecule has 4 unspecified atom stereocenters. The Morgan fingerprint density at radius 2 is 2.05 bits per heavy atom. The third kappa shape index (κ3) is 6.16. The second-order valence-corrected chi connectivity index (χ2v) is 10.9. The van der Waals surface area contributed by atoms with Crippen molar-refractivity contribution in [3.05, 3.63) is 53.1 Å². The van der Waals surface area contributed by atoms with E-state index in [1.807, 2.05) is 0 Å². The molecule has 2 saturated heterocycles. The van der Waals surface area contributed by atoms with Crippen LogP contribution < -0.4 is 10.6 Å². The monoisotopic (exact) mass is 576 g/mol. The van der Waals surface area contributed by atoms with Gasteiger partial charge in [-0.2, -0.15) is 22.7 Å². The quantitative estimate of drug-likeness (QED) is 0.289. The third-order valence-corrected chi connectivity index (χ3v) is 8.24. The summed E-state index contributed by atoms with van der Waals surface area (Å²) in [6, 6.07) is 4.77. The van der Waals surface area contributed by atoms with Gasteiger partial charge in [0.2, 0.25) is 11.9 Å². The van der Waals surface area contributed by atoms with Crippen LogP contribution in [0.25, 0.3) is 10.9 Å². The number of halogens is 4. The standard InChI is InChI=1S/C28H32F4N6O3/c29-25-10-16-3-6-23(20(16)12-33-25)41-24-15-38(18-2-1-8-40-9-7-18)14-22(24)35-26(39)13-34-27-19-11-17(28(30,31)32)4-5-21(19)36-37-27/h4-5,10-12,18,22-24H,1-3,6-9,13-15H2,(H,35,39)(H2,34,36,37). The number of aryl methyl sites for hydroxylation is 1. The number of rotatable bonds is 7. The molecule has 1 aromatic carbocycles. The van der Waals surface area contributed by atoms with Crippen LogP contribution in [0.4, 0.5) is 23.4 Å². The lowest BCUT2D eigenvalue weighted by Crippen LogP contribution is -2.46. The molecule has 6 rings (SSSR count). The van der Waals surface area contributed by atoms with Crippen molar-refractivity contribution in [2.75, 3.05) is 38.2 Å². The molecular weight excluding hydrogens is 544 g/mol. The molecule has 3 aromatic rings. The number of alkyl halides is 3. The van der Waals surface area contributed by atoms with E-state index in [1.165, 1.54) is 18.3 Å². The lowest BCUT2D eigenvalue weighted by Gasteiger charge is -2.26. The minimum absolute atomic E-state index is 0.169. The summed E-state index contributed by atoms with van der Waals surface area (Å²) in [7, 11) is 0. The largest absolute Gasteiger partial charge is 0.416 e. The van der Waals surface area contributed by atoms with Crippen LogP contribution in [0, 0.1) is 5.95 Å². The zero-order valence-corrected chi connectivity index (χ0v) is 22.3. The second kappa shape index (κ2) is 11.5. The van der Waals surface area contributed by atoms with Crippen LogP contribution in [-0.4, -0.2) is 77.0 Å². The van der Waals surface area contributed by atoms with Gasteiger partial charge >= 0.3 is 6.18 Å². The molecule has 220 valence electrons. The average molecular weight is 577 g/mol. The summed E-state index contributed by atoms with van der Waals surface area (Å²) < 4.78 is 65.5. The van der Waals surface area contributed by atoms with Crippen LogP contribution in [0.3, 0.4) is 0 Å². The maximum absolute atomic E-state index is 13.6. The number of pyridine rings is 1. The fourth-order valence-electron chi connectivity index (χ4n) is 6.16. The smallest absolute Gasteiger partial charge is 0.381 e. The lowest BCUT2D eigenvalue weighted by atomic mass is 10.1. The number of anilines is 1. The van der Waals surface area contributed by atoms with Crippen molar-refractivity contribution in [1.82, 2.24) is 25.4 Å².